The summed E-state index contributed by atoms with van der Waals surface area (Å²) in [6.07, 6.45) is 6.49. The van der Waals surface area contributed by atoms with Gasteiger partial charge in [-0.25, -0.2) is 4.39 Å². The van der Waals surface area contributed by atoms with E-state index in [0.29, 0.717) is 23.3 Å². The van der Waals surface area contributed by atoms with E-state index in [9.17, 15) is 14.3 Å². The largest absolute Gasteiger partial charge is 0.496 e. The summed E-state index contributed by atoms with van der Waals surface area (Å²) >= 11 is 0. The second-order valence-corrected chi connectivity index (χ2v) is 6.11. The molecule has 0 spiro atoms. The number of fused-ring (bicyclic) bond motifs is 1. The number of rotatable bonds is 4. The summed E-state index contributed by atoms with van der Waals surface area (Å²) in [4.78, 5) is 12.6. The van der Waals surface area contributed by atoms with Crippen LogP contribution in [0.1, 0.15) is 23.1 Å². The fourth-order valence-electron chi connectivity index (χ4n) is 3.13. The fraction of sp³-hybridized carbons (Fsp3) is 0.286. The second-order valence-electron chi connectivity index (χ2n) is 6.11. The molecule has 1 aromatic carbocycles. The van der Waals surface area contributed by atoms with Gasteiger partial charge in [0.2, 0.25) is 0 Å². The molecular weight excluding hydrogens is 333 g/mol. The lowest BCUT2D eigenvalue weighted by Crippen LogP contribution is -2.27. The van der Waals surface area contributed by atoms with Crippen molar-refractivity contribution in [3.8, 4) is 11.8 Å². The van der Waals surface area contributed by atoms with E-state index in [1.165, 1.54) is 6.07 Å². The average molecular weight is 353 g/mol. The molecule has 1 aromatic rings. The zero-order valence-electron chi connectivity index (χ0n) is 14.7. The van der Waals surface area contributed by atoms with Crippen molar-refractivity contribution >= 4 is 11.4 Å². The first-order chi connectivity index (χ1) is 12.6. The Hall–Kier alpha value is -2.68. The van der Waals surface area contributed by atoms with Crippen LogP contribution in [-0.2, 0) is 16.0 Å². The molecule has 0 amide bonds. The fourth-order valence-corrected chi connectivity index (χ4v) is 3.13. The van der Waals surface area contributed by atoms with Crippen LogP contribution >= 0.6 is 0 Å². The maximum Gasteiger partial charge on any atom is 0.167 e. The third kappa shape index (κ3) is 3.34. The maximum atomic E-state index is 14.5. The van der Waals surface area contributed by atoms with Crippen LogP contribution in [0.3, 0.4) is 0 Å². The predicted molar refractivity (Wildman–Crippen MR) is 97.7 cm³/mol. The number of benzene rings is 1. The van der Waals surface area contributed by atoms with Gasteiger partial charge in [-0.15, -0.1) is 0 Å². The van der Waals surface area contributed by atoms with Gasteiger partial charge in [0.25, 0.3) is 0 Å². The summed E-state index contributed by atoms with van der Waals surface area (Å²) < 4.78 is 19.8. The van der Waals surface area contributed by atoms with E-state index in [-0.39, 0.29) is 24.4 Å². The molecule has 1 atom stereocenters. The molecule has 0 fully saturated rings. The van der Waals surface area contributed by atoms with Gasteiger partial charge in [0.05, 0.1) is 25.3 Å². The maximum absolute atomic E-state index is 14.5. The minimum atomic E-state index is -0.477. The lowest BCUT2D eigenvalue weighted by molar-refractivity contribution is -0.112. The first kappa shape index (κ1) is 18.1. The second kappa shape index (κ2) is 7.69. The minimum absolute atomic E-state index is 0.0594. The molecule has 0 saturated carbocycles. The zero-order valence-corrected chi connectivity index (χ0v) is 14.7. The highest BCUT2D eigenvalue weighted by Crippen LogP contribution is 2.36. The van der Waals surface area contributed by atoms with Gasteiger partial charge < -0.3 is 15.2 Å². The molecule has 3 rings (SSSR count). The number of allylic oxidation sites excluding steroid dienone is 5. The Morgan fingerprint density at radius 3 is 2.96 bits per heavy atom. The number of aliphatic hydroxyl groups is 1. The van der Waals surface area contributed by atoms with Crippen LogP contribution in [0.4, 0.5) is 4.39 Å². The number of hydrogen-bond acceptors (Lipinski definition) is 4. The van der Waals surface area contributed by atoms with Crippen LogP contribution in [0.25, 0.3) is 5.57 Å². The van der Waals surface area contributed by atoms with E-state index >= 15 is 0 Å². The van der Waals surface area contributed by atoms with Crippen LogP contribution in [0, 0.1) is 17.7 Å². The summed E-state index contributed by atoms with van der Waals surface area (Å²) in [5.41, 5.74) is 2.85. The van der Waals surface area contributed by atoms with Gasteiger partial charge in [-0.3, -0.25) is 4.79 Å². The van der Waals surface area contributed by atoms with Crippen molar-refractivity contribution in [2.45, 2.75) is 18.9 Å². The van der Waals surface area contributed by atoms with Crippen LogP contribution in [0.5, 0.6) is 0 Å². The third-order valence-corrected chi connectivity index (χ3v) is 4.53. The molecule has 26 heavy (non-hydrogen) atoms. The van der Waals surface area contributed by atoms with Gasteiger partial charge in [0.15, 0.2) is 5.78 Å². The predicted octanol–water partition coefficient (Wildman–Crippen LogP) is 2.13. The van der Waals surface area contributed by atoms with E-state index in [1.54, 1.807) is 26.3 Å². The molecule has 0 heterocycles. The number of nitrogens with one attached hydrogen (secondary N) is 1. The number of halogens is 1. The summed E-state index contributed by atoms with van der Waals surface area (Å²) in [5.74, 6) is 5.80. The van der Waals surface area contributed by atoms with Crippen LogP contribution in [-0.4, -0.2) is 37.7 Å². The molecule has 0 unspecified atom stereocenters. The number of aliphatic hydroxyl groups excluding tert-OH is 1. The molecule has 2 aliphatic carbocycles. The molecule has 0 bridgehead atoms. The van der Waals surface area contributed by atoms with Crippen molar-refractivity contribution in [2.24, 2.45) is 0 Å². The Labute approximate surface area is 152 Å². The highest BCUT2D eigenvalue weighted by molar-refractivity contribution is 6.26. The molecule has 4 nitrogen and oxygen atoms in total. The SMILES string of the molecule is CN[C@H](C#Cc1c(F)ccc2c1/C(=C/C1=C(OC)C=CC1)C(=O)C2)CO. The summed E-state index contributed by atoms with van der Waals surface area (Å²) in [7, 11) is 3.25. The molecule has 5 heteroatoms. The monoisotopic (exact) mass is 353 g/mol. The lowest BCUT2D eigenvalue weighted by atomic mass is 9.97. The van der Waals surface area contributed by atoms with Crippen LogP contribution in [0.2, 0.25) is 0 Å². The molecule has 2 aliphatic rings. The molecule has 0 radical (unpaired) electrons. The number of methoxy groups -OCH3 is 1. The number of ether oxygens (including phenoxy) is 1. The summed E-state index contributed by atoms with van der Waals surface area (Å²) in [6.45, 7) is -0.183. The Bertz CT molecular complexity index is 896. The Balaban J connectivity index is 2.12. The lowest BCUT2D eigenvalue weighted by Gasteiger charge is -2.08. The Morgan fingerprint density at radius 1 is 1.46 bits per heavy atom. The smallest absolute Gasteiger partial charge is 0.167 e. The standard InChI is InChI=1S/C21H20FNO3/c1-23-15(12-24)7-8-16-18(22)9-6-14-11-19(25)17(21(14)16)10-13-4-3-5-20(13)26-2/h3,5-6,9-10,15,23-24H,4,11-12H2,1-2H3/b17-10+/t15-/m1/s1. The Morgan fingerprint density at radius 2 is 2.27 bits per heavy atom. The molecule has 0 aliphatic heterocycles. The first-order valence-corrected chi connectivity index (χ1v) is 8.39. The van der Waals surface area contributed by atoms with Crippen molar-refractivity contribution in [1.82, 2.24) is 5.32 Å². The van der Waals surface area contributed by atoms with Crippen LogP contribution < -0.4 is 5.32 Å². The minimum Gasteiger partial charge on any atom is -0.496 e. The van der Waals surface area contributed by atoms with Crippen molar-refractivity contribution in [2.75, 3.05) is 20.8 Å². The van der Waals surface area contributed by atoms with E-state index in [2.05, 4.69) is 17.2 Å². The van der Waals surface area contributed by atoms with Gasteiger partial charge in [0.1, 0.15) is 11.6 Å². The first-order valence-electron chi connectivity index (χ1n) is 8.39. The molecule has 0 saturated heterocycles. The molecule has 2 N–H and O–H groups in total. The number of carbonyl (C=O) groups excluding carboxylic acids is 1. The third-order valence-electron chi connectivity index (χ3n) is 4.53. The number of ketones is 1. The van der Waals surface area contributed by atoms with Crippen molar-refractivity contribution in [3.05, 3.63) is 64.2 Å². The number of Topliss-reactive ketones (excluding diaryl/α,β-unsaturated/α-hetero) is 1. The van der Waals surface area contributed by atoms with E-state index in [0.717, 1.165) is 11.1 Å². The number of likely N-dealkylation sites (N-methyl/N-ethyl adjacent to an activating group) is 1. The van der Waals surface area contributed by atoms with Gasteiger partial charge >= 0.3 is 0 Å². The summed E-state index contributed by atoms with van der Waals surface area (Å²) in [6, 6.07) is 2.51. The topological polar surface area (TPSA) is 58.6 Å². The van der Waals surface area contributed by atoms with Crippen LogP contribution in [0.15, 0.2) is 41.7 Å². The van der Waals surface area contributed by atoms with Crippen molar-refractivity contribution in [1.29, 1.82) is 0 Å². The summed E-state index contributed by atoms with van der Waals surface area (Å²) in [5, 5.41) is 12.1. The molecular formula is C21H20FNO3. The molecule has 134 valence electrons. The van der Waals surface area contributed by atoms with E-state index in [4.69, 9.17) is 4.74 Å². The van der Waals surface area contributed by atoms with E-state index in [1.807, 2.05) is 12.2 Å². The van der Waals surface area contributed by atoms with Gasteiger partial charge in [-0.2, -0.15) is 0 Å². The normalized spacial score (nSPS) is 18.2. The molecule has 0 aromatic heterocycles. The highest BCUT2D eigenvalue weighted by atomic mass is 19.1. The zero-order chi connectivity index (χ0) is 18.7. The number of hydrogen-bond donors (Lipinski definition) is 2. The van der Waals surface area contributed by atoms with Crippen molar-refractivity contribution < 1.29 is 19.0 Å². The van der Waals surface area contributed by atoms with E-state index < -0.39 is 11.9 Å². The van der Waals surface area contributed by atoms with Crippen molar-refractivity contribution in [3.63, 3.8) is 0 Å². The quantitative estimate of drug-likeness (QED) is 0.643. The van der Waals surface area contributed by atoms with Gasteiger partial charge in [-0.05, 0) is 42.8 Å². The Kier molecular flexibility index (Phi) is 5.36. The average Bonchev–Trinajstić information content (AvgIpc) is 3.22. The van der Waals surface area contributed by atoms with Gasteiger partial charge in [0, 0.05) is 17.6 Å². The highest BCUT2D eigenvalue weighted by Gasteiger charge is 2.29. The number of carbonyl (C=O) groups is 1. The van der Waals surface area contributed by atoms with Gasteiger partial charge in [-0.1, -0.05) is 24.0 Å².